The number of nitrogens with two attached hydrogens (primary N) is 1. The fourth-order valence-corrected chi connectivity index (χ4v) is 2.09. The van der Waals surface area contributed by atoms with Crippen molar-refractivity contribution in [2.75, 3.05) is 0 Å². The van der Waals surface area contributed by atoms with E-state index in [1.807, 2.05) is 18.5 Å². The van der Waals surface area contributed by atoms with Crippen LogP contribution in [0.25, 0.3) is 0 Å². The molecule has 0 spiro atoms. The normalized spacial score (nSPS) is 17.8. The minimum Gasteiger partial charge on any atom is -0.364 e. The molecule has 16 heavy (non-hydrogen) atoms. The van der Waals surface area contributed by atoms with Crippen molar-refractivity contribution < 1.29 is 4.79 Å². The molecule has 0 radical (unpaired) electrons. The molecule has 1 aliphatic carbocycles. The second-order valence-corrected chi connectivity index (χ2v) is 4.86. The first-order valence-corrected chi connectivity index (χ1v) is 5.77. The third kappa shape index (κ3) is 1.81. The number of primary amides is 1. The van der Waals surface area contributed by atoms with Crippen LogP contribution in [0.1, 0.15) is 61.8 Å². The summed E-state index contributed by atoms with van der Waals surface area (Å²) >= 11 is 0. The minimum atomic E-state index is -0.488. The first-order valence-electron chi connectivity index (χ1n) is 5.77. The second kappa shape index (κ2) is 3.88. The Morgan fingerprint density at radius 3 is 2.50 bits per heavy atom. The average Bonchev–Trinajstić information content (AvgIpc) is 2.94. The molecule has 0 saturated heterocycles. The van der Waals surface area contributed by atoms with Gasteiger partial charge in [-0.3, -0.25) is 4.79 Å². The SMILES string of the molecule is CC(C)c1c(C(N)=O)nnn1C(C)C1CC1. The molecule has 88 valence electrons. The molecule has 2 rings (SSSR count). The fourth-order valence-electron chi connectivity index (χ4n) is 2.09. The predicted molar refractivity (Wildman–Crippen MR) is 60.1 cm³/mol. The molecule has 1 aromatic heterocycles. The van der Waals surface area contributed by atoms with Crippen LogP contribution in [0.15, 0.2) is 0 Å². The van der Waals surface area contributed by atoms with Crippen molar-refractivity contribution in [1.29, 1.82) is 0 Å². The number of carbonyl (C=O) groups excluding carboxylic acids is 1. The van der Waals surface area contributed by atoms with Crippen molar-refractivity contribution in [2.45, 2.75) is 45.6 Å². The Bertz CT molecular complexity index is 406. The van der Waals surface area contributed by atoms with Gasteiger partial charge in [-0.1, -0.05) is 19.1 Å². The Kier molecular flexibility index (Phi) is 2.69. The van der Waals surface area contributed by atoms with Crippen molar-refractivity contribution in [3.05, 3.63) is 11.4 Å². The Morgan fingerprint density at radius 2 is 2.06 bits per heavy atom. The summed E-state index contributed by atoms with van der Waals surface area (Å²) < 4.78 is 1.88. The monoisotopic (exact) mass is 222 g/mol. The molecule has 0 aliphatic heterocycles. The molecule has 0 bridgehead atoms. The van der Waals surface area contributed by atoms with E-state index in [1.54, 1.807) is 0 Å². The first-order chi connectivity index (χ1) is 7.52. The molecule has 2 N–H and O–H groups in total. The molecule has 1 aromatic rings. The van der Waals surface area contributed by atoms with Crippen molar-refractivity contribution in [2.24, 2.45) is 11.7 Å². The maximum absolute atomic E-state index is 11.3. The Morgan fingerprint density at radius 1 is 1.44 bits per heavy atom. The summed E-state index contributed by atoms with van der Waals surface area (Å²) in [5.41, 5.74) is 6.49. The summed E-state index contributed by atoms with van der Waals surface area (Å²) in [5.74, 6) is 0.400. The van der Waals surface area contributed by atoms with Gasteiger partial charge < -0.3 is 5.73 Å². The maximum Gasteiger partial charge on any atom is 0.271 e. The van der Waals surface area contributed by atoms with Gasteiger partial charge >= 0.3 is 0 Å². The lowest BCUT2D eigenvalue weighted by Crippen LogP contribution is -2.18. The Hall–Kier alpha value is -1.39. The quantitative estimate of drug-likeness (QED) is 0.838. The molecule has 0 aromatic carbocycles. The van der Waals surface area contributed by atoms with Gasteiger partial charge in [-0.15, -0.1) is 5.10 Å². The molecule has 5 heteroatoms. The van der Waals surface area contributed by atoms with Gasteiger partial charge in [-0.2, -0.15) is 0 Å². The van der Waals surface area contributed by atoms with Gasteiger partial charge in [0, 0.05) is 0 Å². The lowest BCUT2D eigenvalue weighted by Gasteiger charge is -2.16. The first kappa shape index (κ1) is 11.1. The van der Waals surface area contributed by atoms with Crippen molar-refractivity contribution in [3.8, 4) is 0 Å². The lowest BCUT2D eigenvalue weighted by molar-refractivity contribution is 0.0994. The highest BCUT2D eigenvalue weighted by atomic mass is 16.1. The van der Waals surface area contributed by atoms with Crippen LogP contribution in [0.3, 0.4) is 0 Å². The van der Waals surface area contributed by atoms with E-state index in [-0.39, 0.29) is 5.92 Å². The van der Waals surface area contributed by atoms with E-state index in [9.17, 15) is 4.79 Å². The van der Waals surface area contributed by atoms with Crippen molar-refractivity contribution in [3.63, 3.8) is 0 Å². The van der Waals surface area contributed by atoms with E-state index >= 15 is 0 Å². The smallest absolute Gasteiger partial charge is 0.271 e. The van der Waals surface area contributed by atoms with Gasteiger partial charge in [0.15, 0.2) is 5.69 Å². The summed E-state index contributed by atoms with van der Waals surface area (Å²) in [5, 5.41) is 7.99. The molecule has 1 amide bonds. The lowest BCUT2D eigenvalue weighted by atomic mass is 10.1. The maximum atomic E-state index is 11.3. The van der Waals surface area contributed by atoms with E-state index in [4.69, 9.17) is 5.73 Å². The predicted octanol–water partition coefficient (Wildman–Crippen LogP) is 1.47. The zero-order chi connectivity index (χ0) is 11.9. The van der Waals surface area contributed by atoms with Gasteiger partial charge in [0.2, 0.25) is 0 Å². The van der Waals surface area contributed by atoms with Gasteiger partial charge in [-0.05, 0) is 31.6 Å². The Balaban J connectivity index is 2.40. The van der Waals surface area contributed by atoms with Gasteiger partial charge in [0.05, 0.1) is 11.7 Å². The largest absolute Gasteiger partial charge is 0.364 e. The molecule has 1 atom stereocenters. The van der Waals surface area contributed by atoms with Crippen LogP contribution in [0.5, 0.6) is 0 Å². The highest BCUT2D eigenvalue weighted by Crippen LogP contribution is 2.40. The van der Waals surface area contributed by atoms with Crippen LogP contribution >= 0.6 is 0 Å². The third-order valence-electron chi connectivity index (χ3n) is 3.20. The minimum absolute atomic E-state index is 0.207. The number of amides is 1. The Labute approximate surface area is 95.0 Å². The van der Waals surface area contributed by atoms with Gasteiger partial charge in [-0.25, -0.2) is 4.68 Å². The van der Waals surface area contributed by atoms with E-state index in [1.165, 1.54) is 12.8 Å². The topological polar surface area (TPSA) is 73.8 Å². The molecule has 1 heterocycles. The van der Waals surface area contributed by atoms with Crippen LogP contribution in [-0.2, 0) is 0 Å². The van der Waals surface area contributed by atoms with Crippen LogP contribution in [-0.4, -0.2) is 20.9 Å². The summed E-state index contributed by atoms with van der Waals surface area (Å²) in [6.07, 6.45) is 2.48. The molecule has 5 nitrogen and oxygen atoms in total. The van der Waals surface area contributed by atoms with Gasteiger partial charge in [0.25, 0.3) is 5.91 Å². The molecule has 1 fully saturated rings. The van der Waals surface area contributed by atoms with Crippen molar-refractivity contribution in [1.82, 2.24) is 15.0 Å². The molecular formula is C11H18N4O. The summed E-state index contributed by atoms with van der Waals surface area (Å²) in [4.78, 5) is 11.3. The zero-order valence-corrected chi connectivity index (χ0v) is 9.97. The molecule has 1 aliphatic rings. The van der Waals surface area contributed by atoms with Gasteiger partial charge in [0.1, 0.15) is 0 Å². The highest BCUT2D eigenvalue weighted by Gasteiger charge is 2.33. The van der Waals surface area contributed by atoms with E-state index in [2.05, 4.69) is 17.2 Å². The zero-order valence-electron chi connectivity index (χ0n) is 9.97. The van der Waals surface area contributed by atoms with E-state index < -0.39 is 5.91 Å². The molecule has 1 unspecified atom stereocenters. The number of aromatic nitrogens is 3. The van der Waals surface area contributed by atoms with Crippen LogP contribution in [0.2, 0.25) is 0 Å². The van der Waals surface area contributed by atoms with E-state index in [0.717, 1.165) is 5.69 Å². The number of hydrogen-bond acceptors (Lipinski definition) is 3. The highest BCUT2D eigenvalue weighted by molar-refractivity contribution is 5.91. The third-order valence-corrected chi connectivity index (χ3v) is 3.20. The van der Waals surface area contributed by atoms with Crippen molar-refractivity contribution >= 4 is 5.91 Å². The molecular weight excluding hydrogens is 204 g/mol. The summed E-state index contributed by atoms with van der Waals surface area (Å²) in [6.45, 7) is 6.19. The average molecular weight is 222 g/mol. The summed E-state index contributed by atoms with van der Waals surface area (Å²) in [7, 11) is 0. The number of rotatable bonds is 4. The number of hydrogen-bond donors (Lipinski definition) is 1. The van der Waals surface area contributed by atoms with Crippen LogP contribution < -0.4 is 5.73 Å². The van der Waals surface area contributed by atoms with E-state index in [0.29, 0.717) is 17.7 Å². The standard InChI is InChI=1S/C11H18N4O/c1-6(2)10-9(11(12)16)13-14-15(10)7(3)8-4-5-8/h6-8H,4-5H2,1-3H3,(H2,12,16). The fraction of sp³-hybridized carbons (Fsp3) is 0.727. The molecule has 1 saturated carbocycles. The number of carbonyl (C=O) groups is 1. The van der Waals surface area contributed by atoms with Crippen LogP contribution in [0.4, 0.5) is 0 Å². The number of nitrogens with zero attached hydrogens (tertiary/aromatic N) is 3. The second-order valence-electron chi connectivity index (χ2n) is 4.86. The van der Waals surface area contributed by atoms with Crippen LogP contribution in [0, 0.1) is 5.92 Å². The summed E-state index contributed by atoms with van der Waals surface area (Å²) in [6, 6.07) is 0.318.